The molecule has 0 aliphatic rings. The highest BCUT2D eigenvalue weighted by Crippen LogP contribution is 2.23. The van der Waals surface area contributed by atoms with Gasteiger partial charge in [-0.05, 0) is 68.4 Å². The summed E-state index contributed by atoms with van der Waals surface area (Å²) in [4.78, 5) is 31.7. The molecule has 32 heavy (non-hydrogen) atoms. The first-order valence-electron chi connectivity index (χ1n) is 10.3. The third kappa shape index (κ3) is 4.51. The quantitative estimate of drug-likeness (QED) is 0.481. The van der Waals surface area contributed by atoms with Crippen molar-refractivity contribution in [1.29, 1.82) is 0 Å². The van der Waals surface area contributed by atoms with Crippen LogP contribution in [0.4, 0.5) is 21.5 Å². The summed E-state index contributed by atoms with van der Waals surface area (Å²) < 4.78 is 14.8. The Morgan fingerprint density at radius 2 is 1.72 bits per heavy atom. The van der Waals surface area contributed by atoms with E-state index in [9.17, 15) is 14.0 Å². The number of carbonyl (C=O) groups is 1. The Labute approximate surface area is 184 Å². The van der Waals surface area contributed by atoms with Crippen molar-refractivity contribution >= 4 is 33.9 Å². The molecule has 1 aromatic heterocycles. The molecule has 0 bridgehead atoms. The van der Waals surface area contributed by atoms with Gasteiger partial charge in [-0.2, -0.15) is 0 Å². The van der Waals surface area contributed by atoms with Crippen molar-refractivity contribution in [3.63, 3.8) is 0 Å². The summed E-state index contributed by atoms with van der Waals surface area (Å²) in [5, 5.41) is 3.46. The lowest BCUT2D eigenvalue weighted by Gasteiger charge is -2.27. The lowest BCUT2D eigenvalue weighted by Crippen LogP contribution is -2.41. The maximum atomic E-state index is 13.6. The summed E-state index contributed by atoms with van der Waals surface area (Å²) >= 11 is 0. The van der Waals surface area contributed by atoms with Crippen molar-refractivity contribution < 1.29 is 9.18 Å². The number of para-hydroxylation sites is 1. The zero-order valence-corrected chi connectivity index (χ0v) is 17.8. The van der Waals surface area contributed by atoms with Gasteiger partial charge in [0.1, 0.15) is 12.4 Å². The van der Waals surface area contributed by atoms with E-state index >= 15 is 0 Å². The molecule has 6 nitrogen and oxygen atoms in total. The number of amides is 1. The Hall–Kier alpha value is -4.00. The molecule has 0 saturated carbocycles. The van der Waals surface area contributed by atoms with Gasteiger partial charge in [0.2, 0.25) is 5.91 Å². The number of rotatable bonds is 6. The lowest BCUT2D eigenvalue weighted by atomic mass is 10.2. The number of aromatic nitrogens is 2. The minimum absolute atomic E-state index is 0.128. The number of nitrogens with zero attached hydrogens (tertiary/aromatic N) is 3. The molecular weight excluding hydrogens is 407 g/mol. The fourth-order valence-corrected chi connectivity index (χ4v) is 3.59. The molecule has 1 N–H and O–H groups in total. The van der Waals surface area contributed by atoms with Crippen LogP contribution >= 0.6 is 0 Å². The van der Waals surface area contributed by atoms with Crippen molar-refractivity contribution in [3.05, 3.63) is 95.3 Å². The van der Waals surface area contributed by atoms with E-state index in [2.05, 4.69) is 10.3 Å². The fraction of sp³-hybridized carbons (Fsp3) is 0.160. The summed E-state index contributed by atoms with van der Waals surface area (Å²) in [6.07, 6.45) is 1.33. The first-order valence-corrected chi connectivity index (χ1v) is 10.3. The predicted octanol–water partition coefficient (Wildman–Crippen LogP) is 4.72. The maximum Gasteiger partial charge on any atom is 0.261 e. The highest BCUT2D eigenvalue weighted by atomic mass is 19.1. The third-order valence-corrected chi connectivity index (χ3v) is 5.08. The first-order chi connectivity index (χ1) is 15.4. The van der Waals surface area contributed by atoms with Crippen LogP contribution in [0.5, 0.6) is 0 Å². The summed E-state index contributed by atoms with van der Waals surface area (Å²) in [7, 11) is 0. The summed E-state index contributed by atoms with van der Waals surface area (Å²) in [5.74, 6) is -0.781. The molecule has 7 heteroatoms. The van der Waals surface area contributed by atoms with Crippen LogP contribution in [-0.2, 0) is 11.3 Å². The van der Waals surface area contributed by atoms with E-state index in [1.807, 2.05) is 68.4 Å². The molecule has 1 amide bonds. The number of carbonyl (C=O) groups excluding carboxylic acids is 1. The molecule has 162 valence electrons. The van der Waals surface area contributed by atoms with Gasteiger partial charge in [-0.3, -0.25) is 14.2 Å². The smallest absolute Gasteiger partial charge is 0.261 e. The van der Waals surface area contributed by atoms with Crippen LogP contribution in [0.3, 0.4) is 0 Å². The Balaban J connectivity index is 1.56. The van der Waals surface area contributed by atoms with Gasteiger partial charge in [0.25, 0.3) is 5.56 Å². The van der Waals surface area contributed by atoms with E-state index in [0.717, 1.165) is 23.1 Å². The van der Waals surface area contributed by atoms with E-state index in [1.54, 1.807) is 4.90 Å². The minimum atomic E-state index is -0.520. The molecular formula is C25H23FN4O2. The van der Waals surface area contributed by atoms with Crippen LogP contribution < -0.4 is 15.8 Å². The normalized spacial score (nSPS) is 11.0. The average Bonchev–Trinajstić information content (AvgIpc) is 2.78. The van der Waals surface area contributed by atoms with Gasteiger partial charge in [0, 0.05) is 23.1 Å². The highest BCUT2D eigenvalue weighted by Gasteiger charge is 2.20. The summed E-state index contributed by atoms with van der Waals surface area (Å²) in [6.45, 7) is 3.62. The minimum Gasteiger partial charge on any atom is -0.356 e. The van der Waals surface area contributed by atoms with E-state index in [-0.39, 0.29) is 23.9 Å². The zero-order chi connectivity index (χ0) is 22.7. The van der Waals surface area contributed by atoms with Gasteiger partial charge in [-0.25, -0.2) is 9.37 Å². The third-order valence-electron chi connectivity index (χ3n) is 5.08. The van der Waals surface area contributed by atoms with Crippen molar-refractivity contribution in [2.24, 2.45) is 0 Å². The summed E-state index contributed by atoms with van der Waals surface area (Å²) in [6, 6.07) is 21.0. The number of benzene rings is 3. The summed E-state index contributed by atoms with van der Waals surface area (Å²) in [5.41, 5.74) is 2.53. The van der Waals surface area contributed by atoms with Crippen molar-refractivity contribution in [3.8, 4) is 0 Å². The number of nitrogens with one attached hydrogen (secondary N) is 1. The van der Waals surface area contributed by atoms with Gasteiger partial charge in [0.05, 0.1) is 17.2 Å². The monoisotopic (exact) mass is 430 g/mol. The number of hydrogen-bond acceptors (Lipinski definition) is 4. The molecule has 0 radical (unpaired) electrons. The van der Waals surface area contributed by atoms with Crippen LogP contribution in [0.15, 0.2) is 83.9 Å². The SMILES string of the molecule is CC(C)N(C(=O)Cn1cnc2ccc(F)cc2c1=O)c1ccc(Nc2ccccc2)cc1. The van der Waals surface area contributed by atoms with Gasteiger partial charge in [0.15, 0.2) is 0 Å². The average molecular weight is 430 g/mol. The molecule has 4 rings (SSSR count). The van der Waals surface area contributed by atoms with Gasteiger partial charge in [-0.15, -0.1) is 0 Å². The van der Waals surface area contributed by atoms with Crippen molar-refractivity contribution in [1.82, 2.24) is 9.55 Å². The molecule has 0 spiro atoms. The van der Waals surface area contributed by atoms with Crippen molar-refractivity contribution in [2.75, 3.05) is 10.2 Å². The van der Waals surface area contributed by atoms with Crippen LogP contribution in [0.25, 0.3) is 10.9 Å². The lowest BCUT2D eigenvalue weighted by molar-refractivity contribution is -0.119. The molecule has 0 aliphatic heterocycles. The zero-order valence-electron chi connectivity index (χ0n) is 17.8. The Bertz CT molecular complexity index is 1300. The molecule has 0 saturated heterocycles. The number of hydrogen-bond donors (Lipinski definition) is 1. The second-order valence-electron chi connectivity index (χ2n) is 7.73. The van der Waals surface area contributed by atoms with Gasteiger partial charge in [-0.1, -0.05) is 18.2 Å². The van der Waals surface area contributed by atoms with Crippen LogP contribution in [0.1, 0.15) is 13.8 Å². The second kappa shape index (κ2) is 9.01. The van der Waals surface area contributed by atoms with Gasteiger partial charge < -0.3 is 10.2 Å². The fourth-order valence-electron chi connectivity index (χ4n) is 3.59. The van der Waals surface area contributed by atoms with Crippen LogP contribution in [0.2, 0.25) is 0 Å². The van der Waals surface area contributed by atoms with Crippen molar-refractivity contribution in [2.45, 2.75) is 26.4 Å². The van der Waals surface area contributed by atoms with Crippen LogP contribution in [-0.4, -0.2) is 21.5 Å². The molecule has 0 fully saturated rings. The molecule has 1 heterocycles. The van der Waals surface area contributed by atoms with E-state index < -0.39 is 11.4 Å². The second-order valence-corrected chi connectivity index (χ2v) is 7.73. The highest BCUT2D eigenvalue weighted by molar-refractivity contribution is 5.94. The predicted molar refractivity (Wildman–Crippen MR) is 125 cm³/mol. The standard InChI is InChI=1S/C25H23FN4O2/c1-17(2)30(21-11-9-20(10-12-21)28-19-6-4-3-5-7-19)24(31)15-29-16-27-23-13-8-18(26)14-22(23)25(29)32/h3-14,16-17,28H,15H2,1-2H3. The Morgan fingerprint density at radius 3 is 2.41 bits per heavy atom. The van der Waals surface area contributed by atoms with E-state index in [0.29, 0.717) is 5.52 Å². The molecule has 0 atom stereocenters. The molecule has 4 aromatic rings. The maximum absolute atomic E-state index is 13.6. The molecule has 0 unspecified atom stereocenters. The Kier molecular flexibility index (Phi) is 5.98. The molecule has 0 aliphatic carbocycles. The Morgan fingerprint density at radius 1 is 1.03 bits per heavy atom. The largest absolute Gasteiger partial charge is 0.356 e. The number of anilines is 3. The topological polar surface area (TPSA) is 67.2 Å². The molecule has 3 aromatic carbocycles. The number of halogens is 1. The van der Waals surface area contributed by atoms with E-state index in [1.165, 1.54) is 23.0 Å². The number of fused-ring (bicyclic) bond motifs is 1. The van der Waals surface area contributed by atoms with Gasteiger partial charge >= 0.3 is 0 Å². The first kappa shape index (κ1) is 21.2. The van der Waals surface area contributed by atoms with Crippen LogP contribution in [0, 0.1) is 5.82 Å². The van der Waals surface area contributed by atoms with E-state index in [4.69, 9.17) is 0 Å².